The average Bonchev–Trinajstić information content (AvgIpc) is 3.36. The van der Waals surface area contributed by atoms with Crippen molar-refractivity contribution in [1.82, 2.24) is 25.2 Å². The quantitative estimate of drug-likeness (QED) is 0.353. The normalized spacial score (nSPS) is 11.0. The van der Waals surface area contributed by atoms with E-state index in [2.05, 4.69) is 20.5 Å². The van der Waals surface area contributed by atoms with Crippen molar-refractivity contribution >= 4 is 51.4 Å². The number of thioether (sulfide) groups is 1. The molecule has 0 radical (unpaired) electrons. The minimum absolute atomic E-state index is 0.130. The van der Waals surface area contributed by atoms with Crippen molar-refractivity contribution in [3.05, 3.63) is 69.7 Å². The molecule has 0 aliphatic carbocycles. The highest BCUT2D eigenvalue weighted by atomic mass is 35.5. The maximum Gasteiger partial charge on any atom is 0.230 e. The number of thiazole rings is 1. The zero-order valence-corrected chi connectivity index (χ0v) is 19.5. The molecule has 0 spiro atoms. The number of para-hydroxylation sites is 1. The predicted octanol–water partition coefficient (Wildman–Crippen LogP) is 5.37. The maximum absolute atomic E-state index is 12.3. The average molecular weight is 471 g/mol. The van der Waals surface area contributed by atoms with Gasteiger partial charge in [-0.3, -0.25) is 9.69 Å². The summed E-state index contributed by atoms with van der Waals surface area (Å²) in [4.78, 5) is 18.5. The summed E-state index contributed by atoms with van der Waals surface area (Å²) in [5.74, 6) is 0.443. The van der Waals surface area contributed by atoms with Crippen LogP contribution in [0.4, 0.5) is 10.8 Å². The van der Waals surface area contributed by atoms with Gasteiger partial charge in [-0.05, 0) is 53.6 Å². The van der Waals surface area contributed by atoms with Gasteiger partial charge >= 0.3 is 0 Å². The summed E-state index contributed by atoms with van der Waals surface area (Å²) >= 11 is 9.01. The van der Waals surface area contributed by atoms with E-state index < -0.39 is 0 Å². The molecule has 2 aromatic heterocycles. The van der Waals surface area contributed by atoms with Crippen LogP contribution in [0.15, 0.2) is 53.0 Å². The number of halogens is 1. The van der Waals surface area contributed by atoms with Gasteiger partial charge in [0.05, 0.1) is 17.1 Å². The second kappa shape index (κ2) is 9.17. The molecule has 0 fully saturated rings. The fourth-order valence-corrected chi connectivity index (χ4v) is 5.14. The predicted molar refractivity (Wildman–Crippen MR) is 125 cm³/mol. The first-order chi connectivity index (χ1) is 14.9. The molecule has 2 heterocycles. The molecule has 2 aromatic carbocycles. The number of aryl methyl sites for hydroxylation is 2. The number of benzene rings is 2. The number of tetrazole rings is 1. The summed E-state index contributed by atoms with van der Waals surface area (Å²) in [5, 5.41) is 16.0. The number of rotatable bonds is 6. The summed E-state index contributed by atoms with van der Waals surface area (Å²) in [6.45, 7) is 5.59. The molecule has 7 nitrogen and oxygen atoms in total. The zero-order valence-electron chi connectivity index (χ0n) is 17.1. The monoisotopic (exact) mass is 470 g/mol. The highest BCUT2D eigenvalue weighted by molar-refractivity contribution is 7.98. The van der Waals surface area contributed by atoms with Crippen LogP contribution < -0.4 is 4.90 Å². The highest BCUT2D eigenvalue weighted by Crippen LogP contribution is 2.32. The van der Waals surface area contributed by atoms with E-state index in [0.29, 0.717) is 26.8 Å². The molecule has 0 aliphatic heterocycles. The molecule has 0 aliphatic rings. The third kappa shape index (κ3) is 4.63. The summed E-state index contributed by atoms with van der Waals surface area (Å²) in [5.41, 5.74) is 4.71. The number of carbonyl (C=O) groups excluding carboxylic acids is 1. The Bertz CT molecular complexity index is 1220. The number of hydrogen-bond donors (Lipinski definition) is 0. The molecule has 158 valence electrons. The molecule has 0 bridgehead atoms. The van der Waals surface area contributed by atoms with Gasteiger partial charge in [-0.2, -0.15) is 4.68 Å². The summed E-state index contributed by atoms with van der Waals surface area (Å²) < 4.78 is 1.76. The van der Waals surface area contributed by atoms with Crippen molar-refractivity contribution in [3.8, 4) is 5.69 Å². The smallest absolute Gasteiger partial charge is 0.230 e. The van der Waals surface area contributed by atoms with Crippen molar-refractivity contribution < 1.29 is 4.79 Å². The number of aromatic nitrogens is 5. The molecule has 0 unspecified atom stereocenters. The van der Waals surface area contributed by atoms with E-state index in [1.807, 2.05) is 49.6 Å². The Kier molecular flexibility index (Phi) is 6.35. The topological polar surface area (TPSA) is 76.8 Å². The molecule has 4 rings (SSSR count). The van der Waals surface area contributed by atoms with Gasteiger partial charge < -0.3 is 0 Å². The van der Waals surface area contributed by atoms with Crippen molar-refractivity contribution in [2.75, 3.05) is 4.90 Å². The minimum atomic E-state index is -0.130. The first-order valence-electron chi connectivity index (χ1n) is 9.42. The zero-order chi connectivity index (χ0) is 22.0. The van der Waals surface area contributed by atoms with Gasteiger partial charge in [0.2, 0.25) is 11.1 Å². The Balaban J connectivity index is 1.55. The first kappa shape index (κ1) is 21.5. The molecule has 10 heteroatoms. The lowest BCUT2D eigenvalue weighted by atomic mass is 10.1. The van der Waals surface area contributed by atoms with Crippen molar-refractivity contribution in [2.24, 2.45) is 0 Å². The number of anilines is 2. The van der Waals surface area contributed by atoms with Crippen LogP contribution in [0, 0.1) is 13.8 Å². The van der Waals surface area contributed by atoms with E-state index in [-0.39, 0.29) is 5.91 Å². The van der Waals surface area contributed by atoms with Crippen LogP contribution >= 0.6 is 34.7 Å². The van der Waals surface area contributed by atoms with Gasteiger partial charge in [-0.15, -0.1) is 16.4 Å². The largest absolute Gasteiger partial charge is 0.274 e. The van der Waals surface area contributed by atoms with E-state index >= 15 is 0 Å². The molecular weight excluding hydrogens is 452 g/mol. The number of carbonyl (C=O) groups is 1. The van der Waals surface area contributed by atoms with Gasteiger partial charge in [-0.1, -0.05) is 47.6 Å². The molecule has 4 aromatic rings. The highest BCUT2D eigenvalue weighted by Gasteiger charge is 2.19. The number of hydrogen-bond acceptors (Lipinski definition) is 7. The molecule has 0 N–H and O–H groups in total. The number of nitrogens with zero attached hydrogens (tertiary/aromatic N) is 6. The second-order valence-corrected chi connectivity index (χ2v) is 9.07. The summed E-state index contributed by atoms with van der Waals surface area (Å²) in [6.07, 6.45) is 0. The third-order valence-electron chi connectivity index (χ3n) is 4.55. The summed E-state index contributed by atoms with van der Waals surface area (Å²) in [6, 6.07) is 13.3. The van der Waals surface area contributed by atoms with Crippen molar-refractivity contribution in [2.45, 2.75) is 31.7 Å². The number of amides is 1. The molecule has 0 saturated heterocycles. The van der Waals surface area contributed by atoms with Gasteiger partial charge in [-0.25, -0.2) is 4.98 Å². The standard InChI is InChI=1S/C21H19ClN6OS2/c1-13-6-4-7-14(2)19(13)28-21(24-25-26-28)31-12-17-11-30-20(23-17)27(15(3)29)18-9-5-8-16(22)10-18/h4-11H,12H2,1-3H3. The van der Waals surface area contributed by atoms with Crippen LogP contribution in [0.2, 0.25) is 5.02 Å². The van der Waals surface area contributed by atoms with E-state index in [4.69, 9.17) is 11.6 Å². The van der Waals surface area contributed by atoms with Crippen LogP contribution in [-0.4, -0.2) is 31.1 Å². The molecule has 0 atom stereocenters. The van der Waals surface area contributed by atoms with E-state index in [1.165, 1.54) is 30.0 Å². The Morgan fingerprint density at radius 3 is 2.65 bits per heavy atom. The summed E-state index contributed by atoms with van der Waals surface area (Å²) in [7, 11) is 0. The fourth-order valence-electron chi connectivity index (χ4n) is 3.19. The van der Waals surface area contributed by atoms with Crippen LogP contribution in [0.25, 0.3) is 5.69 Å². The Hall–Kier alpha value is -2.75. The molecular formula is C21H19ClN6OS2. The van der Waals surface area contributed by atoms with Crippen LogP contribution in [-0.2, 0) is 10.5 Å². The van der Waals surface area contributed by atoms with E-state index in [1.54, 1.807) is 21.7 Å². The van der Waals surface area contributed by atoms with Gasteiger partial charge in [0, 0.05) is 23.1 Å². The third-order valence-corrected chi connectivity index (χ3v) is 6.62. The van der Waals surface area contributed by atoms with Crippen LogP contribution in [0.5, 0.6) is 0 Å². The van der Waals surface area contributed by atoms with Gasteiger partial charge in [0.1, 0.15) is 0 Å². The molecule has 31 heavy (non-hydrogen) atoms. The van der Waals surface area contributed by atoms with E-state index in [9.17, 15) is 4.79 Å². The SMILES string of the molecule is CC(=O)N(c1cccc(Cl)c1)c1nc(CSc2nnnn2-c2c(C)cccc2C)cs1. The Morgan fingerprint density at radius 1 is 1.19 bits per heavy atom. The first-order valence-corrected chi connectivity index (χ1v) is 11.7. The lowest BCUT2D eigenvalue weighted by Crippen LogP contribution is -2.22. The Labute approximate surface area is 193 Å². The second-order valence-electron chi connectivity index (χ2n) is 6.86. The Morgan fingerprint density at radius 2 is 1.94 bits per heavy atom. The lowest BCUT2D eigenvalue weighted by molar-refractivity contribution is -0.115. The van der Waals surface area contributed by atoms with Crippen molar-refractivity contribution in [3.63, 3.8) is 0 Å². The van der Waals surface area contributed by atoms with Gasteiger partial charge in [0.15, 0.2) is 5.13 Å². The van der Waals surface area contributed by atoms with Crippen LogP contribution in [0.3, 0.4) is 0 Å². The molecule has 1 amide bonds. The van der Waals surface area contributed by atoms with Gasteiger partial charge in [0.25, 0.3) is 0 Å². The van der Waals surface area contributed by atoms with Crippen LogP contribution in [0.1, 0.15) is 23.7 Å². The minimum Gasteiger partial charge on any atom is -0.274 e. The van der Waals surface area contributed by atoms with Crippen molar-refractivity contribution in [1.29, 1.82) is 0 Å². The van der Waals surface area contributed by atoms with E-state index in [0.717, 1.165) is 22.5 Å². The lowest BCUT2D eigenvalue weighted by Gasteiger charge is -2.18. The maximum atomic E-state index is 12.3. The molecule has 0 saturated carbocycles. The fraction of sp³-hybridized carbons (Fsp3) is 0.190.